The highest BCUT2D eigenvalue weighted by atomic mass is 16.6. The normalized spacial score (nSPS) is 16.3. The molecule has 0 saturated carbocycles. The molecular weight excluding hydrogens is 332 g/mol. The van der Waals surface area contributed by atoms with Gasteiger partial charge in [-0.15, -0.1) is 0 Å². The van der Waals surface area contributed by atoms with Gasteiger partial charge in [0.25, 0.3) is 5.91 Å². The van der Waals surface area contributed by atoms with Crippen molar-refractivity contribution >= 4 is 11.9 Å². The molecule has 1 atom stereocenters. The lowest BCUT2D eigenvalue weighted by molar-refractivity contribution is -0.141. The Hall–Kier alpha value is -2.63. The maximum absolute atomic E-state index is 12.5. The Kier molecular flexibility index (Phi) is 5.71. The van der Waals surface area contributed by atoms with Crippen molar-refractivity contribution < 1.29 is 18.8 Å². The third-order valence-corrected chi connectivity index (χ3v) is 4.75. The number of carbonyl (C=O) groups is 2. The van der Waals surface area contributed by atoms with Gasteiger partial charge in [0.2, 0.25) is 5.76 Å². The monoisotopic (exact) mass is 356 g/mol. The number of esters is 1. The van der Waals surface area contributed by atoms with Crippen molar-refractivity contribution in [3.63, 3.8) is 0 Å². The largest absolute Gasteiger partial charge is 0.447 e. The number of ether oxygens (including phenoxy) is 1. The molecule has 138 valence electrons. The van der Waals surface area contributed by atoms with Gasteiger partial charge >= 0.3 is 5.97 Å². The molecule has 26 heavy (non-hydrogen) atoms. The minimum atomic E-state index is -0.835. The lowest BCUT2D eigenvalue weighted by Crippen LogP contribution is -2.44. The summed E-state index contributed by atoms with van der Waals surface area (Å²) in [4.78, 5) is 26.3. The predicted octanol–water partition coefficient (Wildman–Crippen LogP) is 3.01. The van der Waals surface area contributed by atoms with E-state index in [1.165, 1.54) is 11.6 Å². The van der Waals surface area contributed by atoms with Gasteiger partial charge in [0.1, 0.15) is 0 Å². The molecule has 0 spiro atoms. The molecule has 1 amide bonds. The molecule has 2 heterocycles. The summed E-state index contributed by atoms with van der Waals surface area (Å²) >= 11 is 0. The van der Waals surface area contributed by atoms with E-state index in [1.807, 2.05) is 6.07 Å². The first-order valence-electron chi connectivity index (χ1n) is 9.00. The molecule has 0 bridgehead atoms. The van der Waals surface area contributed by atoms with Crippen molar-refractivity contribution in [3.05, 3.63) is 53.4 Å². The van der Waals surface area contributed by atoms with Crippen molar-refractivity contribution in [1.82, 2.24) is 10.1 Å². The second-order valence-corrected chi connectivity index (χ2v) is 6.84. The van der Waals surface area contributed by atoms with Gasteiger partial charge in [0.15, 0.2) is 6.10 Å². The van der Waals surface area contributed by atoms with Crippen LogP contribution in [-0.4, -0.2) is 41.1 Å². The molecule has 6 nitrogen and oxygen atoms in total. The number of amides is 1. The number of hydrogen-bond donors (Lipinski definition) is 0. The molecular formula is C20H24N2O4. The topological polar surface area (TPSA) is 72.6 Å². The Bertz CT molecular complexity index is 748. The lowest BCUT2D eigenvalue weighted by Gasteiger charge is -2.33. The van der Waals surface area contributed by atoms with Gasteiger partial charge in [-0.3, -0.25) is 4.79 Å². The van der Waals surface area contributed by atoms with Crippen LogP contribution in [0.3, 0.4) is 0 Å². The lowest BCUT2D eigenvalue weighted by atomic mass is 9.90. The van der Waals surface area contributed by atoms with Crippen LogP contribution in [0.4, 0.5) is 0 Å². The number of piperidine rings is 1. The van der Waals surface area contributed by atoms with Crippen LogP contribution in [-0.2, 0) is 16.0 Å². The first-order chi connectivity index (χ1) is 12.5. The second-order valence-electron chi connectivity index (χ2n) is 6.84. The summed E-state index contributed by atoms with van der Waals surface area (Å²) in [5.41, 5.74) is 1.93. The fourth-order valence-electron chi connectivity index (χ4n) is 3.29. The van der Waals surface area contributed by atoms with Gasteiger partial charge in [-0.2, -0.15) is 0 Å². The quantitative estimate of drug-likeness (QED) is 0.770. The average Bonchev–Trinajstić information content (AvgIpc) is 3.09. The number of hydrogen-bond acceptors (Lipinski definition) is 5. The second kappa shape index (κ2) is 8.17. The number of likely N-dealkylation sites (tertiary alicyclic amines) is 1. The molecule has 6 heteroatoms. The molecule has 1 saturated heterocycles. The average molecular weight is 356 g/mol. The molecule has 0 unspecified atom stereocenters. The molecule has 3 rings (SSSR count). The van der Waals surface area contributed by atoms with Crippen LogP contribution in [0.2, 0.25) is 0 Å². The summed E-state index contributed by atoms with van der Waals surface area (Å²) in [6, 6.07) is 11.9. The highest BCUT2D eigenvalue weighted by Gasteiger charge is 2.29. The van der Waals surface area contributed by atoms with E-state index in [4.69, 9.17) is 9.26 Å². The zero-order valence-electron chi connectivity index (χ0n) is 15.2. The van der Waals surface area contributed by atoms with E-state index >= 15 is 0 Å². The SMILES string of the molecule is Cc1cc(C(=O)O[C@H](C)C(=O)N2CCC(Cc3ccccc3)CC2)on1. The molecule has 2 aromatic rings. The first-order valence-corrected chi connectivity index (χ1v) is 9.00. The number of rotatable bonds is 5. The third-order valence-electron chi connectivity index (χ3n) is 4.75. The Morgan fingerprint density at radius 1 is 1.27 bits per heavy atom. The number of carbonyl (C=O) groups excluding carboxylic acids is 2. The van der Waals surface area contributed by atoms with E-state index in [9.17, 15) is 9.59 Å². The number of aryl methyl sites for hydroxylation is 1. The van der Waals surface area contributed by atoms with Crippen LogP contribution >= 0.6 is 0 Å². The number of benzene rings is 1. The van der Waals surface area contributed by atoms with Crippen molar-refractivity contribution in [2.75, 3.05) is 13.1 Å². The van der Waals surface area contributed by atoms with Gasteiger partial charge in [0.05, 0.1) is 5.69 Å². The molecule has 0 radical (unpaired) electrons. The van der Waals surface area contributed by atoms with Crippen molar-refractivity contribution in [2.24, 2.45) is 5.92 Å². The van der Waals surface area contributed by atoms with Gasteiger partial charge < -0.3 is 14.2 Å². The summed E-state index contributed by atoms with van der Waals surface area (Å²) in [6.45, 7) is 4.70. The molecule has 0 N–H and O–H groups in total. The fraction of sp³-hybridized carbons (Fsp3) is 0.450. The van der Waals surface area contributed by atoms with E-state index < -0.39 is 12.1 Å². The van der Waals surface area contributed by atoms with E-state index in [1.54, 1.807) is 18.7 Å². The van der Waals surface area contributed by atoms with Gasteiger partial charge in [-0.25, -0.2) is 4.79 Å². The maximum atomic E-state index is 12.5. The molecule has 0 aliphatic carbocycles. The highest BCUT2D eigenvalue weighted by molar-refractivity contribution is 5.90. The molecule has 1 aliphatic rings. The van der Waals surface area contributed by atoms with E-state index in [-0.39, 0.29) is 11.7 Å². The van der Waals surface area contributed by atoms with Crippen molar-refractivity contribution in [1.29, 1.82) is 0 Å². The summed E-state index contributed by atoms with van der Waals surface area (Å²) in [5.74, 6) is -0.224. The molecule has 1 aliphatic heterocycles. The Morgan fingerprint density at radius 3 is 2.58 bits per heavy atom. The molecule has 1 aromatic heterocycles. The van der Waals surface area contributed by atoms with Gasteiger partial charge in [-0.1, -0.05) is 35.5 Å². The Balaban J connectivity index is 1.47. The van der Waals surface area contributed by atoms with E-state index in [2.05, 4.69) is 29.4 Å². The maximum Gasteiger partial charge on any atom is 0.377 e. The van der Waals surface area contributed by atoms with Crippen molar-refractivity contribution in [2.45, 2.75) is 39.2 Å². The smallest absolute Gasteiger partial charge is 0.377 e. The third kappa shape index (κ3) is 4.50. The number of nitrogens with zero attached hydrogens (tertiary/aromatic N) is 2. The van der Waals surface area contributed by atoms with E-state index in [0.717, 1.165) is 19.3 Å². The standard InChI is InChI=1S/C20H24N2O4/c1-14-12-18(26-21-14)20(24)25-15(2)19(23)22-10-8-17(9-11-22)13-16-6-4-3-5-7-16/h3-7,12,15,17H,8-11,13H2,1-2H3/t15-/m1/s1. The number of aromatic nitrogens is 1. The first kappa shape index (κ1) is 18.2. The summed E-state index contributed by atoms with van der Waals surface area (Å²) < 4.78 is 10.1. The van der Waals surface area contributed by atoms with Crippen LogP contribution in [0.15, 0.2) is 40.9 Å². The molecule has 1 aromatic carbocycles. The fourth-order valence-corrected chi connectivity index (χ4v) is 3.29. The van der Waals surface area contributed by atoms with E-state index in [0.29, 0.717) is 24.7 Å². The van der Waals surface area contributed by atoms with Gasteiger partial charge in [0, 0.05) is 19.2 Å². The summed E-state index contributed by atoms with van der Waals surface area (Å²) in [7, 11) is 0. The minimum absolute atomic E-state index is 0.0173. The Morgan fingerprint density at radius 2 is 1.96 bits per heavy atom. The highest BCUT2D eigenvalue weighted by Crippen LogP contribution is 2.22. The molecule has 1 fully saturated rings. The zero-order chi connectivity index (χ0) is 18.5. The van der Waals surface area contributed by atoms with Crippen LogP contribution in [0.25, 0.3) is 0 Å². The summed E-state index contributed by atoms with van der Waals surface area (Å²) in [5, 5.41) is 3.65. The predicted molar refractivity (Wildman–Crippen MR) is 95.6 cm³/mol. The zero-order valence-corrected chi connectivity index (χ0v) is 15.2. The van der Waals surface area contributed by atoms with Crippen molar-refractivity contribution in [3.8, 4) is 0 Å². The minimum Gasteiger partial charge on any atom is -0.447 e. The Labute approximate surface area is 153 Å². The van der Waals surface area contributed by atoms with Crippen LogP contribution in [0, 0.1) is 12.8 Å². The van der Waals surface area contributed by atoms with Gasteiger partial charge in [-0.05, 0) is 44.6 Å². The summed E-state index contributed by atoms with van der Waals surface area (Å²) in [6.07, 6.45) is 2.13. The van der Waals surface area contributed by atoms with Crippen LogP contribution in [0.1, 0.15) is 41.6 Å². The van der Waals surface area contributed by atoms with Crippen LogP contribution in [0.5, 0.6) is 0 Å². The van der Waals surface area contributed by atoms with Crippen LogP contribution < -0.4 is 0 Å².